The van der Waals surface area contributed by atoms with Crippen LogP contribution in [0.15, 0.2) is 18.2 Å². The van der Waals surface area contributed by atoms with E-state index in [4.69, 9.17) is 0 Å². The van der Waals surface area contributed by atoms with Gasteiger partial charge >= 0.3 is 5.97 Å². The number of benzene rings is 1. The van der Waals surface area contributed by atoms with E-state index in [0.717, 1.165) is 5.56 Å². The van der Waals surface area contributed by atoms with Crippen LogP contribution >= 0.6 is 0 Å². The zero-order valence-electron chi connectivity index (χ0n) is 12.2. The van der Waals surface area contributed by atoms with Crippen molar-refractivity contribution in [2.24, 2.45) is 0 Å². The molecule has 0 heterocycles. The quantitative estimate of drug-likeness (QED) is 0.710. The maximum atomic E-state index is 13.2. The van der Waals surface area contributed by atoms with Crippen LogP contribution in [0, 0.1) is 24.1 Å². The molecule has 21 heavy (non-hydrogen) atoms. The van der Waals surface area contributed by atoms with Crippen molar-refractivity contribution in [3.63, 3.8) is 0 Å². The second-order valence-corrected chi connectivity index (χ2v) is 4.91. The Bertz CT molecular complexity index is 525. The van der Waals surface area contributed by atoms with Crippen molar-refractivity contribution >= 4 is 5.97 Å². The number of aryl methyl sites for hydroxylation is 1. The lowest BCUT2D eigenvalue weighted by Gasteiger charge is -2.13. The van der Waals surface area contributed by atoms with E-state index < -0.39 is 24.1 Å². The first-order valence-electron chi connectivity index (χ1n) is 6.97. The molecule has 0 aliphatic heterocycles. The summed E-state index contributed by atoms with van der Waals surface area (Å²) in [6, 6.07) is 6.26. The van der Waals surface area contributed by atoms with E-state index >= 15 is 0 Å². The molecule has 1 aromatic rings. The van der Waals surface area contributed by atoms with Crippen LogP contribution in [0.1, 0.15) is 49.7 Å². The first-order chi connectivity index (χ1) is 9.97. The van der Waals surface area contributed by atoms with E-state index in [0.29, 0.717) is 12.0 Å². The Morgan fingerprint density at radius 3 is 2.76 bits per heavy atom. The number of ether oxygens (including phenoxy) is 1. The molecule has 0 aliphatic rings. The Kier molecular flexibility index (Phi) is 6.80. The smallest absolute Gasteiger partial charge is 0.308 e. The van der Waals surface area contributed by atoms with Gasteiger partial charge < -0.3 is 4.74 Å². The zero-order chi connectivity index (χ0) is 15.8. The Hall–Kier alpha value is -1.96. The standard InChI is InChI=1S/C16H19F2NO2/c1-3-4-15(18)21-16(20)8-6-12(10-19)14-9-13(17)7-5-11(14)2/h5,7,9,12,15H,3-4,6,8H2,1-2H3. The summed E-state index contributed by atoms with van der Waals surface area (Å²) in [6.45, 7) is 3.56. The van der Waals surface area contributed by atoms with Gasteiger partial charge in [-0.05, 0) is 43.0 Å². The van der Waals surface area contributed by atoms with Gasteiger partial charge in [0, 0.05) is 12.8 Å². The predicted molar refractivity (Wildman–Crippen MR) is 74.6 cm³/mol. The lowest BCUT2D eigenvalue weighted by molar-refractivity contribution is -0.158. The minimum Gasteiger partial charge on any atom is -0.431 e. The molecule has 0 N–H and O–H groups in total. The maximum absolute atomic E-state index is 13.2. The van der Waals surface area contributed by atoms with Gasteiger partial charge in [0.1, 0.15) is 5.82 Å². The number of nitriles is 1. The fourth-order valence-electron chi connectivity index (χ4n) is 2.03. The number of alkyl halides is 1. The molecule has 0 aliphatic carbocycles. The molecule has 1 rings (SSSR count). The Morgan fingerprint density at radius 2 is 2.14 bits per heavy atom. The number of carbonyl (C=O) groups is 1. The molecule has 0 spiro atoms. The van der Waals surface area contributed by atoms with Gasteiger partial charge in [-0.15, -0.1) is 0 Å². The third-order valence-electron chi connectivity index (χ3n) is 3.18. The second-order valence-electron chi connectivity index (χ2n) is 4.91. The van der Waals surface area contributed by atoms with E-state index in [9.17, 15) is 18.8 Å². The molecule has 5 heteroatoms. The van der Waals surface area contributed by atoms with Crippen molar-refractivity contribution in [1.29, 1.82) is 5.26 Å². The van der Waals surface area contributed by atoms with Crippen molar-refractivity contribution in [2.45, 2.75) is 51.8 Å². The summed E-state index contributed by atoms with van der Waals surface area (Å²) in [6.07, 6.45) is -0.746. The van der Waals surface area contributed by atoms with Crippen LogP contribution in [-0.2, 0) is 9.53 Å². The Morgan fingerprint density at radius 1 is 1.43 bits per heavy atom. The van der Waals surface area contributed by atoms with Gasteiger partial charge in [0.05, 0.1) is 12.0 Å². The van der Waals surface area contributed by atoms with E-state index in [2.05, 4.69) is 10.8 Å². The molecule has 2 atom stereocenters. The fraction of sp³-hybridized carbons (Fsp3) is 0.500. The number of carbonyl (C=O) groups excluding carboxylic acids is 1. The van der Waals surface area contributed by atoms with Crippen LogP contribution in [0.3, 0.4) is 0 Å². The summed E-state index contributed by atoms with van der Waals surface area (Å²) in [4.78, 5) is 11.5. The lowest BCUT2D eigenvalue weighted by atomic mass is 9.92. The van der Waals surface area contributed by atoms with Crippen LogP contribution in [0.4, 0.5) is 8.78 Å². The molecule has 0 saturated carbocycles. The highest BCUT2D eigenvalue weighted by Gasteiger charge is 2.18. The topological polar surface area (TPSA) is 50.1 Å². The molecule has 3 nitrogen and oxygen atoms in total. The van der Waals surface area contributed by atoms with Crippen LogP contribution in [0.5, 0.6) is 0 Å². The Balaban J connectivity index is 2.61. The molecule has 0 saturated heterocycles. The summed E-state index contributed by atoms with van der Waals surface area (Å²) in [5, 5.41) is 9.18. The number of rotatable bonds is 7. The second kappa shape index (κ2) is 8.35. The van der Waals surface area contributed by atoms with Gasteiger partial charge in [0.25, 0.3) is 0 Å². The van der Waals surface area contributed by atoms with Crippen molar-refractivity contribution in [3.8, 4) is 6.07 Å². The van der Waals surface area contributed by atoms with Crippen LogP contribution in [-0.4, -0.2) is 12.3 Å². The molecule has 0 amide bonds. The Labute approximate surface area is 123 Å². The van der Waals surface area contributed by atoms with Crippen molar-refractivity contribution in [1.82, 2.24) is 0 Å². The van der Waals surface area contributed by atoms with Crippen molar-refractivity contribution in [2.75, 3.05) is 0 Å². The van der Waals surface area contributed by atoms with Gasteiger partial charge in [0.2, 0.25) is 6.36 Å². The summed E-state index contributed by atoms with van der Waals surface area (Å²) in [5.74, 6) is -1.71. The lowest BCUT2D eigenvalue weighted by Crippen LogP contribution is -2.14. The van der Waals surface area contributed by atoms with Gasteiger partial charge in [-0.3, -0.25) is 4.79 Å². The predicted octanol–water partition coefficient (Wildman–Crippen LogP) is 4.16. The molecule has 1 aromatic carbocycles. The summed E-state index contributed by atoms with van der Waals surface area (Å²) >= 11 is 0. The highest BCUT2D eigenvalue weighted by molar-refractivity contribution is 5.69. The molecule has 0 fully saturated rings. The zero-order valence-corrected chi connectivity index (χ0v) is 12.2. The first-order valence-corrected chi connectivity index (χ1v) is 6.97. The minimum absolute atomic E-state index is 0.0711. The average Bonchev–Trinajstić information content (AvgIpc) is 2.43. The normalized spacial score (nSPS) is 13.3. The number of halogens is 2. The summed E-state index contributed by atoms with van der Waals surface area (Å²) in [5.41, 5.74) is 1.33. The first kappa shape index (κ1) is 17.1. The highest BCUT2D eigenvalue weighted by atomic mass is 19.1. The molecular formula is C16H19F2NO2. The number of esters is 1. The van der Waals surface area contributed by atoms with E-state index in [-0.39, 0.29) is 19.3 Å². The summed E-state index contributed by atoms with van der Waals surface area (Å²) < 4.78 is 31.0. The van der Waals surface area contributed by atoms with Crippen LogP contribution in [0.2, 0.25) is 0 Å². The molecule has 0 aromatic heterocycles. The fourth-order valence-corrected chi connectivity index (χ4v) is 2.03. The molecule has 114 valence electrons. The highest BCUT2D eigenvalue weighted by Crippen LogP contribution is 2.25. The van der Waals surface area contributed by atoms with Gasteiger partial charge in [-0.2, -0.15) is 5.26 Å². The van der Waals surface area contributed by atoms with Crippen molar-refractivity contribution < 1.29 is 18.3 Å². The van der Waals surface area contributed by atoms with E-state index in [1.165, 1.54) is 12.1 Å². The van der Waals surface area contributed by atoms with Crippen molar-refractivity contribution in [3.05, 3.63) is 35.1 Å². The van der Waals surface area contributed by atoms with E-state index in [1.807, 2.05) is 0 Å². The third-order valence-corrected chi connectivity index (χ3v) is 3.18. The average molecular weight is 295 g/mol. The molecule has 2 unspecified atom stereocenters. The van der Waals surface area contributed by atoms with Gasteiger partial charge in [-0.1, -0.05) is 13.0 Å². The summed E-state index contributed by atoms with van der Waals surface area (Å²) in [7, 11) is 0. The maximum Gasteiger partial charge on any atom is 0.308 e. The van der Waals surface area contributed by atoms with Gasteiger partial charge in [-0.25, -0.2) is 8.78 Å². The van der Waals surface area contributed by atoms with Crippen LogP contribution in [0.25, 0.3) is 0 Å². The van der Waals surface area contributed by atoms with Crippen LogP contribution < -0.4 is 0 Å². The van der Waals surface area contributed by atoms with Gasteiger partial charge in [0.15, 0.2) is 0 Å². The minimum atomic E-state index is -1.60. The van der Waals surface area contributed by atoms with E-state index in [1.54, 1.807) is 19.9 Å². The third kappa shape index (κ3) is 5.50. The monoisotopic (exact) mass is 295 g/mol. The number of hydrogen-bond acceptors (Lipinski definition) is 3. The number of nitrogens with zero attached hydrogens (tertiary/aromatic N) is 1. The largest absolute Gasteiger partial charge is 0.431 e. The number of hydrogen-bond donors (Lipinski definition) is 0. The SMILES string of the molecule is CCCC(F)OC(=O)CCC(C#N)c1cc(F)ccc1C. The molecular weight excluding hydrogens is 276 g/mol. The molecule has 0 radical (unpaired) electrons. The molecule has 0 bridgehead atoms.